The highest BCUT2D eigenvalue weighted by molar-refractivity contribution is 7.90. The van der Waals surface area contributed by atoms with Gasteiger partial charge in [-0.2, -0.15) is 0 Å². The van der Waals surface area contributed by atoms with E-state index in [0.29, 0.717) is 6.07 Å². The van der Waals surface area contributed by atoms with E-state index in [1.54, 1.807) is 0 Å². The molecular formula is C14H10F2O4S. The first-order valence-corrected chi connectivity index (χ1v) is 7.62. The van der Waals surface area contributed by atoms with Crippen molar-refractivity contribution in [3.63, 3.8) is 0 Å². The largest absolute Gasteiger partial charge is 0.478 e. The second kappa shape index (κ2) is 5.25. The van der Waals surface area contributed by atoms with E-state index in [1.165, 1.54) is 24.3 Å². The average Bonchev–Trinajstić information content (AvgIpc) is 2.40. The number of carboxylic acids is 1. The van der Waals surface area contributed by atoms with Crippen molar-refractivity contribution in [1.82, 2.24) is 0 Å². The zero-order valence-corrected chi connectivity index (χ0v) is 11.6. The van der Waals surface area contributed by atoms with Crippen molar-refractivity contribution < 1.29 is 27.1 Å². The van der Waals surface area contributed by atoms with Gasteiger partial charge in [0.15, 0.2) is 9.84 Å². The van der Waals surface area contributed by atoms with Crippen molar-refractivity contribution in [2.75, 3.05) is 6.26 Å². The van der Waals surface area contributed by atoms with Gasteiger partial charge in [-0.25, -0.2) is 22.0 Å². The molecule has 0 heterocycles. The van der Waals surface area contributed by atoms with Gasteiger partial charge >= 0.3 is 5.97 Å². The molecule has 21 heavy (non-hydrogen) atoms. The maximum Gasteiger partial charge on any atom is 0.338 e. The van der Waals surface area contributed by atoms with Crippen LogP contribution in [0.1, 0.15) is 10.4 Å². The van der Waals surface area contributed by atoms with E-state index in [0.717, 1.165) is 12.3 Å². The van der Waals surface area contributed by atoms with Crippen LogP contribution < -0.4 is 0 Å². The lowest BCUT2D eigenvalue weighted by Crippen LogP contribution is -2.02. The van der Waals surface area contributed by atoms with Crippen molar-refractivity contribution in [2.24, 2.45) is 0 Å². The lowest BCUT2D eigenvalue weighted by molar-refractivity contribution is 0.0691. The smallest absolute Gasteiger partial charge is 0.338 e. The summed E-state index contributed by atoms with van der Waals surface area (Å²) in [5.74, 6) is -3.53. The number of halogens is 2. The van der Waals surface area contributed by atoms with E-state index in [9.17, 15) is 22.0 Å². The number of hydrogen-bond donors (Lipinski definition) is 1. The Morgan fingerprint density at radius 1 is 1.05 bits per heavy atom. The molecule has 0 spiro atoms. The van der Waals surface area contributed by atoms with Crippen LogP contribution >= 0.6 is 0 Å². The quantitative estimate of drug-likeness (QED) is 0.946. The Bertz CT molecular complexity index is 812. The van der Waals surface area contributed by atoms with Gasteiger partial charge in [-0.1, -0.05) is 12.1 Å². The molecule has 0 saturated heterocycles. The number of aromatic carboxylic acids is 1. The second-order valence-electron chi connectivity index (χ2n) is 4.41. The Morgan fingerprint density at radius 2 is 1.62 bits per heavy atom. The summed E-state index contributed by atoms with van der Waals surface area (Å²) in [5, 5.41) is 8.70. The Hall–Kier alpha value is -2.28. The fraction of sp³-hybridized carbons (Fsp3) is 0.0714. The van der Waals surface area contributed by atoms with Crippen molar-refractivity contribution in [3.05, 3.63) is 53.6 Å². The summed E-state index contributed by atoms with van der Waals surface area (Å²) >= 11 is 0. The number of carboxylic acid groups (broad SMARTS) is 1. The molecule has 0 bridgehead atoms. The molecule has 0 amide bonds. The average molecular weight is 312 g/mol. The van der Waals surface area contributed by atoms with E-state index >= 15 is 0 Å². The molecule has 0 atom stereocenters. The molecule has 0 aliphatic rings. The van der Waals surface area contributed by atoms with Gasteiger partial charge in [-0.15, -0.1) is 0 Å². The standard InChI is InChI=1S/C14H10F2O4S/c1-21(19,20)9-4-2-8(3-5-9)10-6-13(16)11(14(17)18)7-12(10)15/h2-7H,1H3,(H,17,18). The van der Waals surface area contributed by atoms with Crippen LogP contribution in [0.15, 0.2) is 41.3 Å². The molecule has 2 aromatic rings. The highest BCUT2D eigenvalue weighted by atomic mass is 32.2. The second-order valence-corrected chi connectivity index (χ2v) is 6.43. The van der Waals surface area contributed by atoms with Crippen LogP contribution in [-0.4, -0.2) is 25.7 Å². The first kappa shape index (κ1) is 15.1. The Kier molecular flexibility index (Phi) is 3.78. The number of sulfone groups is 1. The SMILES string of the molecule is CS(=O)(=O)c1ccc(-c2cc(F)c(C(=O)O)cc2F)cc1. The van der Waals surface area contributed by atoms with Crippen LogP contribution in [0.2, 0.25) is 0 Å². The number of hydrogen-bond acceptors (Lipinski definition) is 3. The number of rotatable bonds is 3. The number of benzene rings is 2. The normalized spacial score (nSPS) is 11.4. The van der Waals surface area contributed by atoms with Crippen LogP contribution in [0.3, 0.4) is 0 Å². The Labute approximate surface area is 119 Å². The third-order valence-electron chi connectivity index (χ3n) is 2.88. The third-order valence-corrected chi connectivity index (χ3v) is 4.01. The maximum atomic E-state index is 13.9. The molecule has 2 rings (SSSR count). The minimum Gasteiger partial charge on any atom is -0.478 e. The first-order chi connectivity index (χ1) is 9.70. The van der Waals surface area contributed by atoms with Crippen molar-refractivity contribution in [2.45, 2.75) is 4.90 Å². The van der Waals surface area contributed by atoms with Gasteiger partial charge in [0.05, 0.1) is 10.5 Å². The molecule has 7 heteroatoms. The number of carbonyl (C=O) groups is 1. The summed E-state index contributed by atoms with van der Waals surface area (Å²) in [5.41, 5.74) is -0.655. The molecule has 0 aromatic heterocycles. The maximum absolute atomic E-state index is 13.9. The van der Waals surface area contributed by atoms with E-state index in [4.69, 9.17) is 5.11 Å². The lowest BCUT2D eigenvalue weighted by Gasteiger charge is -2.07. The fourth-order valence-electron chi connectivity index (χ4n) is 1.81. The van der Waals surface area contributed by atoms with Gasteiger partial charge in [0, 0.05) is 11.8 Å². The highest BCUT2D eigenvalue weighted by Crippen LogP contribution is 2.26. The molecule has 110 valence electrons. The van der Waals surface area contributed by atoms with Crippen molar-refractivity contribution in [1.29, 1.82) is 0 Å². The molecule has 0 saturated carbocycles. The van der Waals surface area contributed by atoms with Crippen LogP contribution in [0.5, 0.6) is 0 Å². The van der Waals surface area contributed by atoms with Gasteiger partial charge in [0.25, 0.3) is 0 Å². The summed E-state index contributed by atoms with van der Waals surface area (Å²) in [6, 6.07) is 6.56. The zero-order valence-electron chi connectivity index (χ0n) is 10.8. The highest BCUT2D eigenvalue weighted by Gasteiger charge is 2.16. The summed E-state index contributed by atoms with van der Waals surface area (Å²) in [7, 11) is -3.38. The van der Waals surface area contributed by atoms with E-state index < -0.39 is 33.0 Å². The monoisotopic (exact) mass is 312 g/mol. The van der Waals surface area contributed by atoms with Crippen LogP contribution in [0.25, 0.3) is 11.1 Å². The molecule has 0 aliphatic carbocycles. The van der Waals surface area contributed by atoms with Gasteiger partial charge in [0.1, 0.15) is 11.6 Å². The van der Waals surface area contributed by atoms with Gasteiger partial charge in [0.2, 0.25) is 0 Å². The fourth-order valence-corrected chi connectivity index (χ4v) is 2.44. The summed E-state index contributed by atoms with van der Waals surface area (Å²) in [6.07, 6.45) is 1.03. The Balaban J connectivity index is 2.53. The van der Waals surface area contributed by atoms with Gasteiger partial charge in [-0.05, 0) is 29.8 Å². The molecule has 0 aliphatic heterocycles. The molecular weight excluding hydrogens is 302 g/mol. The first-order valence-electron chi connectivity index (χ1n) is 5.73. The van der Waals surface area contributed by atoms with E-state index in [2.05, 4.69) is 0 Å². The van der Waals surface area contributed by atoms with Crippen molar-refractivity contribution in [3.8, 4) is 11.1 Å². The van der Waals surface area contributed by atoms with Crippen LogP contribution in [0, 0.1) is 11.6 Å². The predicted molar refractivity (Wildman–Crippen MR) is 71.9 cm³/mol. The molecule has 4 nitrogen and oxygen atoms in total. The van der Waals surface area contributed by atoms with Gasteiger partial charge in [-0.3, -0.25) is 0 Å². The predicted octanol–water partition coefficient (Wildman–Crippen LogP) is 2.73. The van der Waals surface area contributed by atoms with Crippen LogP contribution in [0.4, 0.5) is 8.78 Å². The summed E-state index contributed by atoms with van der Waals surface area (Å²) in [6.45, 7) is 0. The molecule has 0 radical (unpaired) electrons. The van der Waals surface area contributed by atoms with Gasteiger partial charge < -0.3 is 5.11 Å². The zero-order chi connectivity index (χ0) is 15.8. The molecule has 0 unspecified atom stereocenters. The van der Waals surface area contributed by atoms with Crippen molar-refractivity contribution >= 4 is 15.8 Å². The minimum atomic E-state index is -3.38. The van der Waals surface area contributed by atoms with Crippen LogP contribution in [-0.2, 0) is 9.84 Å². The molecule has 1 N–H and O–H groups in total. The topological polar surface area (TPSA) is 71.4 Å². The Morgan fingerprint density at radius 3 is 2.10 bits per heavy atom. The lowest BCUT2D eigenvalue weighted by atomic mass is 10.0. The summed E-state index contributed by atoms with van der Waals surface area (Å²) < 4.78 is 50.1. The molecule has 0 fully saturated rings. The summed E-state index contributed by atoms with van der Waals surface area (Å²) in [4.78, 5) is 10.8. The van der Waals surface area contributed by atoms with E-state index in [1.807, 2.05) is 0 Å². The molecule has 2 aromatic carbocycles. The minimum absolute atomic E-state index is 0.0503. The third kappa shape index (κ3) is 3.08. The van der Waals surface area contributed by atoms with E-state index in [-0.39, 0.29) is 16.0 Å².